The van der Waals surface area contributed by atoms with E-state index in [-0.39, 0.29) is 50.9 Å². The zero-order valence-corrected chi connectivity index (χ0v) is 20.7. The van der Waals surface area contributed by atoms with E-state index in [9.17, 15) is 19.2 Å². The van der Waals surface area contributed by atoms with Crippen molar-refractivity contribution in [1.82, 2.24) is 4.90 Å². The van der Waals surface area contributed by atoms with Gasteiger partial charge in [0.15, 0.2) is 12.4 Å². The van der Waals surface area contributed by atoms with Gasteiger partial charge in [0.05, 0.1) is 11.8 Å². The van der Waals surface area contributed by atoms with E-state index in [1.807, 2.05) is 42.5 Å². The van der Waals surface area contributed by atoms with Crippen LogP contribution in [0.3, 0.4) is 0 Å². The maximum absolute atomic E-state index is 12.9. The number of carbonyl (C=O) groups excluding carboxylic acids is 4. The van der Waals surface area contributed by atoms with E-state index in [1.54, 1.807) is 12.1 Å². The molecular weight excluding hydrogens is 554 g/mol. The molecule has 170 valence electrons. The molecule has 2 bridgehead atoms. The third kappa shape index (κ3) is 3.87. The quantitative estimate of drug-likeness (QED) is 0.226. The largest absolute Gasteiger partial charge is 0.456 e. The van der Waals surface area contributed by atoms with Crippen LogP contribution in [0.1, 0.15) is 16.8 Å². The SMILES string of the molecule is O=C(CN1C(=O)[C@@H]2[C@H]3C[C@H]([C@H](Br)[C@@H]3Br)[C@@H]2C1=O)OCC(=O)c1ccc(-c2ccccc2)cc1. The number of halogens is 2. The molecule has 33 heavy (non-hydrogen) atoms. The smallest absolute Gasteiger partial charge is 0.326 e. The Bertz CT molecular complexity index is 1090. The van der Waals surface area contributed by atoms with Crippen LogP contribution in [-0.4, -0.2) is 51.3 Å². The molecule has 0 unspecified atom stereocenters. The molecule has 0 radical (unpaired) electrons. The molecule has 5 rings (SSSR count). The summed E-state index contributed by atoms with van der Waals surface area (Å²) in [5.74, 6) is -2.30. The third-order valence-corrected chi connectivity index (χ3v) is 10.3. The molecule has 0 spiro atoms. The molecule has 1 heterocycles. The lowest BCUT2D eigenvalue weighted by Gasteiger charge is -2.28. The second kappa shape index (κ2) is 8.80. The highest BCUT2D eigenvalue weighted by Gasteiger charge is 2.66. The molecule has 3 aliphatic rings. The van der Waals surface area contributed by atoms with E-state index in [0.29, 0.717) is 5.56 Å². The van der Waals surface area contributed by atoms with Gasteiger partial charge in [0.25, 0.3) is 0 Å². The van der Waals surface area contributed by atoms with Gasteiger partial charge in [0, 0.05) is 15.2 Å². The van der Waals surface area contributed by atoms with E-state index in [0.717, 1.165) is 22.4 Å². The lowest BCUT2D eigenvalue weighted by Crippen LogP contribution is -2.38. The van der Waals surface area contributed by atoms with Crippen molar-refractivity contribution < 1.29 is 23.9 Å². The normalized spacial score (nSPS) is 29.9. The summed E-state index contributed by atoms with van der Waals surface area (Å²) in [6.45, 7) is -0.894. The number of nitrogens with zero attached hydrogens (tertiary/aromatic N) is 1. The minimum atomic E-state index is -0.760. The van der Waals surface area contributed by atoms with Gasteiger partial charge in [-0.2, -0.15) is 0 Å². The predicted molar refractivity (Wildman–Crippen MR) is 128 cm³/mol. The Hall–Kier alpha value is -2.32. The molecule has 6 atom stereocenters. The predicted octanol–water partition coefficient (Wildman–Crippen LogP) is 3.86. The zero-order chi connectivity index (χ0) is 23.3. The minimum Gasteiger partial charge on any atom is -0.456 e. The summed E-state index contributed by atoms with van der Waals surface area (Å²) < 4.78 is 5.11. The average Bonchev–Trinajstić information content (AvgIpc) is 3.44. The number of Topliss-reactive ketones (excluding diaryl/α,β-unsaturated/α-hetero) is 1. The van der Waals surface area contributed by atoms with Gasteiger partial charge in [-0.25, -0.2) is 0 Å². The van der Waals surface area contributed by atoms with Crippen molar-refractivity contribution in [3.8, 4) is 11.1 Å². The number of benzene rings is 2. The summed E-state index contributed by atoms with van der Waals surface area (Å²) in [6, 6.07) is 16.8. The fourth-order valence-electron chi connectivity index (χ4n) is 5.45. The van der Waals surface area contributed by atoms with Gasteiger partial charge in [-0.05, 0) is 29.4 Å². The Morgan fingerprint density at radius 1 is 0.848 bits per heavy atom. The van der Waals surface area contributed by atoms with Gasteiger partial charge in [-0.15, -0.1) is 0 Å². The van der Waals surface area contributed by atoms with E-state index < -0.39 is 19.1 Å². The van der Waals surface area contributed by atoms with Crippen LogP contribution in [0.2, 0.25) is 0 Å². The monoisotopic (exact) mass is 573 g/mol. The van der Waals surface area contributed by atoms with Crippen LogP contribution < -0.4 is 0 Å². The van der Waals surface area contributed by atoms with Crippen molar-refractivity contribution in [2.75, 3.05) is 13.2 Å². The number of amides is 2. The van der Waals surface area contributed by atoms with Gasteiger partial charge in [0.2, 0.25) is 11.8 Å². The fourth-order valence-corrected chi connectivity index (χ4v) is 7.32. The number of ketones is 1. The van der Waals surface area contributed by atoms with Crippen molar-refractivity contribution >= 4 is 55.4 Å². The molecule has 2 aromatic carbocycles. The van der Waals surface area contributed by atoms with Crippen LogP contribution in [0.15, 0.2) is 54.6 Å². The first-order chi connectivity index (χ1) is 15.9. The number of alkyl halides is 2. The first kappa shape index (κ1) is 22.5. The number of ether oxygens (including phenoxy) is 1. The highest BCUT2D eigenvalue weighted by atomic mass is 79.9. The fraction of sp³-hybridized carbons (Fsp3) is 0.360. The molecule has 1 aliphatic heterocycles. The van der Waals surface area contributed by atoms with Crippen molar-refractivity contribution in [1.29, 1.82) is 0 Å². The molecular formula is C25H21Br2NO5. The number of hydrogen-bond acceptors (Lipinski definition) is 5. The lowest BCUT2D eigenvalue weighted by atomic mass is 9.81. The molecule has 2 aliphatic carbocycles. The van der Waals surface area contributed by atoms with Gasteiger partial charge < -0.3 is 4.74 Å². The number of esters is 1. The summed E-state index contributed by atoms with van der Waals surface area (Å²) in [4.78, 5) is 51.9. The van der Waals surface area contributed by atoms with Crippen LogP contribution in [0.5, 0.6) is 0 Å². The van der Waals surface area contributed by atoms with Crippen molar-refractivity contribution in [3.63, 3.8) is 0 Å². The number of fused-ring (bicyclic) bond motifs is 5. The Morgan fingerprint density at radius 2 is 1.39 bits per heavy atom. The van der Waals surface area contributed by atoms with Crippen LogP contribution in [0.4, 0.5) is 0 Å². The van der Waals surface area contributed by atoms with Gasteiger partial charge >= 0.3 is 5.97 Å². The number of imide groups is 1. The van der Waals surface area contributed by atoms with Crippen LogP contribution >= 0.6 is 31.9 Å². The molecule has 0 N–H and O–H groups in total. The van der Waals surface area contributed by atoms with Crippen LogP contribution in [0.25, 0.3) is 11.1 Å². The van der Waals surface area contributed by atoms with E-state index in [4.69, 9.17) is 4.74 Å². The molecule has 6 nitrogen and oxygen atoms in total. The Kier molecular flexibility index (Phi) is 5.99. The maximum Gasteiger partial charge on any atom is 0.326 e. The number of rotatable bonds is 6. The Morgan fingerprint density at radius 3 is 1.97 bits per heavy atom. The summed E-state index contributed by atoms with van der Waals surface area (Å²) in [6.07, 6.45) is 0.828. The van der Waals surface area contributed by atoms with Crippen LogP contribution in [0, 0.1) is 23.7 Å². The van der Waals surface area contributed by atoms with Gasteiger partial charge in [-0.3, -0.25) is 24.1 Å². The number of likely N-dealkylation sites (tertiary alicyclic amines) is 1. The average molecular weight is 575 g/mol. The summed E-state index contributed by atoms with van der Waals surface area (Å²) >= 11 is 7.28. The first-order valence-electron chi connectivity index (χ1n) is 10.8. The Labute approximate surface area is 207 Å². The van der Waals surface area contributed by atoms with Crippen molar-refractivity contribution in [3.05, 3.63) is 60.2 Å². The molecule has 1 saturated heterocycles. The summed E-state index contributed by atoms with van der Waals surface area (Å²) in [5, 5.41) is 0. The zero-order valence-electron chi connectivity index (χ0n) is 17.5. The van der Waals surface area contributed by atoms with E-state index >= 15 is 0 Å². The van der Waals surface area contributed by atoms with Crippen LogP contribution in [-0.2, 0) is 19.1 Å². The summed E-state index contributed by atoms with van der Waals surface area (Å²) in [5.41, 5.74) is 2.44. The van der Waals surface area contributed by atoms with E-state index in [2.05, 4.69) is 31.9 Å². The molecule has 2 amide bonds. The van der Waals surface area contributed by atoms with E-state index in [1.165, 1.54) is 0 Å². The van der Waals surface area contributed by atoms with Gasteiger partial charge in [-0.1, -0.05) is 86.5 Å². The topological polar surface area (TPSA) is 80.8 Å². The molecule has 2 saturated carbocycles. The third-order valence-electron chi connectivity index (χ3n) is 7.04. The highest BCUT2D eigenvalue weighted by molar-refractivity contribution is 9.12. The second-order valence-corrected chi connectivity index (χ2v) is 10.9. The maximum atomic E-state index is 12.9. The van der Waals surface area contributed by atoms with Crippen molar-refractivity contribution in [2.45, 2.75) is 16.1 Å². The number of carbonyl (C=O) groups is 4. The van der Waals surface area contributed by atoms with Gasteiger partial charge in [0.1, 0.15) is 6.54 Å². The minimum absolute atomic E-state index is 0.0854. The molecule has 3 fully saturated rings. The molecule has 8 heteroatoms. The molecule has 2 aromatic rings. The van der Waals surface area contributed by atoms with Crippen molar-refractivity contribution in [2.24, 2.45) is 23.7 Å². The lowest BCUT2D eigenvalue weighted by molar-refractivity contribution is -0.152. The Balaban J connectivity index is 1.17. The highest BCUT2D eigenvalue weighted by Crippen LogP contribution is 2.60. The summed E-state index contributed by atoms with van der Waals surface area (Å²) in [7, 11) is 0. The number of hydrogen-bond donors (Lipinski definition) is 0. The molecule has 0 aromatic heterocycles. The second-order valence-electron chi connectivity index (χ2n) is 8.79. The standard InChI is InChI=1S/C25H21Br2NO5/c26-22-16-10-17(23(22)27)21-20(16)24(31)28(25(21)32)11-19(30)33-12-18(29)15-8-6-14(7-9-15)13-4-2-1-3-5-13/h1-9,16-17,20-23H,10-12H2/t16-,17+,20-,21+,22-,23+. The first-order valence-corrected chi connectivity index (χ1v) is 12.7.